The first-order valence-electron chi connectivity index (χ1n) is 6.63. The Morgan fingerprint density at radius 2 is 1.95 bits per heavy atom. The van der Waals surface area contributed by atoms with Crippen LogP contribution in [0.3, 0.4) is 0 Å². The zero-order chi connectivity index (χ0) is 15.6. The van der Waals surface area contributed by atoms with Crippen molar-refractivity contribution in [2.24, 2.45) is 0 Å². The highest BCUT2D eigenvalue weighted by Gasteiger charge is 2.29. The van der Waals surface area contributed by atoms with Crippen molar-refractivity contribution in [2.45, 2.75) is 18.7 Å². The fourth-order valence-electron chi connectivity index (χ4n) is 2.27. The average Bonchev–Trinajstić information content (AvgIpc) is 2.40. The normalized spacial score (nSPS) is 19.2. The number of benzene rings is 1. The number of sulfone groups is 1. The lowest BCUT2D eigenvalue weighted by Gasteiger charge is -2.32. The quantitative estimate of drug-likeness (QED) is 0.864. The third kappa shape index (κ3) is 3.81. The zero-order valence-corrected chi connectivity index (χ0v) is 12.8. The molecule has 1 aromatic rings. The number of carbonyl (C=O) groups is 2. The SMILES string of the molecule is CC1C(=O)NCCN1C(=O)c1ccc(CS(C)(=O)=O)cc1. The maximum Gasteiger partial charge on any atom is 0.254 e. The second kappa shape index (κ2) is 5.85. The van der Waals surface area contributed by atoms with Gasteiger partial charge < -0.3 is 10.2 Å². The van der Waals surface area contributed by atoms with Gasteiger partial charge in [0.2, 0.25) is 5.91 Å². The van der Waals surface area contributed by atoms with Crippen molar-refractivity contribution < 1.29 is 18.0 Å². The van der Waals surface area contributed by atoms with E-state index in [0.717, 1.165) is 0 Å². The summed E-state index contributed by atoms with van der Waals surface area (Å²) in [6.45, 7) is 2.60. The van der Waals surface area contributed by atoms with Gasteiger partial charge in [0.05, 0.1) is 5.75 Å². The van der Waals surface area contributed by atoms with E-state index in [0.29, 0.717) is 24.2 Å². The van der Waals surface area contributed by atoms with Gasteiger partial charge in [-0.25, -0.2) is 8.42 Å². The van der Waals surface area contributed by atoms with E-state index in [9.17, 15) is 18.0 Å². The molecule has 1 heterocycles. The van der Waals surface area contributed by atoms with Crippen LogP contribution in [0.5, 0.6) is 0 Å². The number of hydrogen-bond donors (Lipinski definition) is 1. The third-order valence-corrected chi connectivity index (χ3v) is 4.25. The molecule has 1 fully saturated rings. The van der Waals surface area contributed by atoms with Crippen LogP contribution < -0.4 is 5.32 Å². The second-order valence-corrected chi connectivity index (χ2v) is 7.37. The van der Waals surface area contributed by atoms with E-state index in [1.807, 2.05) is 0 Å². The Kier molecular flexibility index (Phi) is 4.32. The highest BCUT2D eigenvalue weighted by Crippen LogP contribution is 2.13. The minimum Gasteiger partial charge on any atom is -0.353 e. The number of nitrogens with one attached hydrogen (secondary N) is 1. The Balaban J connectivity index is 2.14. The van der Waals surface area contributed by atoms with Gasteiger partial charge in [-0.3, -0.25) is 9.59 Å². The third-order valence-electron chi connectivity index (χ3n) is 3.39. The fraction of sp³-hybridized carbons (Fsp3) is 0.429. The van der Waals surface area contributed by atoms with E-state index in [2.05, 4.69) is 5.32 Å². The summed E-state index contributed by atoms with van der Waals surface area (Å²) in [5, 5.41) is 2.70. The van der Waals surface area contributed by atoms with E-state index in [4.69, 9.17) is 0 Å². The summed E-state index contributed by atoms with van der Waals surface area (Å²) in [6, 6.07) is 5.96. The maximum atomic E-state index is 12.4. The highest BCUT2D eigenvalue weighted by molar-refractivity contribution is 7.89. The number of amides is 2. The summed E-state index contributed by atoms with van der Waals surface area (Å²) in [4.78, 5) is 25.5. The Hall–Kier alpha value is -1.89. The van der Waals surface area contributed by atoms with Crippen molar-refractivity contribution in [3.63, 3.8) is 0 Å². The predicted molar refractivity (Wildman–Crippen MR) is 78.5 cm³/mol. The van der Waals surface area contributed by atoms with Crippen LogP contribution in [0.4, 0.5) is 0 Å². The standard InChI is InChI=1S/C14H18N2O4S/c1-10-13(17)15-7-8-16(10)14(18)12-5-3-11(4-6-12)9-21(2,19)20/h3-6,10H,7-9H2,1-2H3,(H,15,17). The average molecular weight is 310 g/mol. The molecule has 7 heteroatoms. The Bertz CT molecular complexity index is 652. The van der Waals surface area contributed by atoms with Gasteiger partial charge in [0.25, 0.3) is 5.91 Å². The summed E-state index contributed by atoms with van der Waals surface area (Å²) in [6.07, 6.45) is 1.17. The monoisotopic (exact) mass is 310 g/mol. The van der Waals surface area contributed by atoms with Crippen LogP contribution in [0.1, 0.15) is 22.8 Å². The lowest BCUT2D eigenvalue weighted by molar-refractivity contribution is -0.127. The molecule has 1 aromatic carbocycles. The van der Waals surface area contributed by atoms with Crippen LogP contribution >= 0.6 is 0 Å². The summed E-state index contributed by atoms with van der Waals surface area (Å²) >= 11 is 0. The van der Waals surface area contributed by atoms with E-state index >= 15 is 0 Å². The molecule has 1 saturated heterocycles. The van der Waals surface area contributed by atoms with Gasteiger partial charge in [0.15, 0.2) is 9.84 Å². The molecular formula is C14H18N2O4S. The Morgan fingerprint density at radius 3 is 2.52 bits per heavy atom. The van der Waals surface area contributed by atoms with Gasteiger partial charge in [-0.15, -0.1) is 0 Å². The Labute approximate surface area is 124 Å². The topological polar surface area (TPSA) is 83.6 Å². The summed E-state index contributed by atoms with van der Waals surface area (Å²) in [5.41, 5.74) is 1.09. The molecule has 0 aromatic heterocycles. The first-order chi connectivity index (χ1) is 9.78. The number of nitrogens with zero attached hydrogens (tertiary/aromatic N) is 1. The maximum absolute atomic E-state index is 12.4. The fourth-order valence-corrected chi connectivity index (χ4v) is 3.07. The molecule has 6 nitrogen and oxygen atoms in total. The molecule has 1 aliphatic rings. The number of carbonyl (C=O) groups excluding carboxylic acids is 2. The van der Waals surface area contributed by atoms with Gasteiger partial charge in [-0.05, 0) is 24.6 Å². The molecule has 0 radical (unpaired) electrons. The van der Waals surface area contributed by atoms with E-state index in [-0.39, 0.29) is 17.6 Å². The van der Waals surface area contributed by atoms with Crippen molar-refractivity contribution in [1.82, 2.24) is 10.2 Å². The van der Waals surface area contributed by atoms with Crippen LogP contribution in [-0.2, 0) is 20.4 Å². The second-order valence-electron chi connectivity index (χ2n) is 5.23. The van der Waals surface area contributed by atoms with Gasteiger partial charge in [0.1, 0.15) is 6.04 Å². The van der Waals surface area contributed by atoms with Gasteiger partial charge >= 0.3 is 0 Å². The summed E-state index contributed by atoms with van der Waals surface area (Å²) in [7, 11) is -3.10. The predicted octanol–water partition coefficient (Wildman–Crippen LogP) is 0.192. The lowest BCUT2D eigenvalue weighted by atomic mass is 10.1. The highest BCUT2D eigenvalue weighted by atomic mass is 32.2. The summed E-state index contributed by atoms with van der Waals surface area (Å²) < 4.78 is 22.5. The van der Waals surface area contributed by atoms with Crippen LogP contribution in [0.25, 0.3) is 0 Å². The first-order valence-corrected chi connectivity index (χ1v) is 8.69. The molecule has 1 aliphatic heterocycles. The van der Waals surface area contributed by atoms with Crippen molar-refractivity contribution in [1.29, 1.82) is 0 Å². The molecule has 2 rings (SSSR count). The molecule has 2 amide bonds. The molecule has 0 aliphatic carbocycles. The van der Waals surface area contributed by atoms with E-state index in [1.165, 1.54) is 11.2 Å². The minimum atomic E-state index is -3.10. The molecule has 1 N–H and O–H groups in total. The first kappa shape index (κ1) is 15.5. The zero-order valence-electron chi connectivity index (χ0n) is 12.0. The molecule has 1 atom stereocenters. The largest absolute Gasteiger partial charge is 0.353 e. The van der Waals surface area contributed by atoms with Crippen molar-refractivity contribution >= 4 is 21.7 Å². The Morgan fingerprint density at radius 1 is 1.33 bits per heavy atom. The van der Waals surface area contributed by atoms with Crippen LogP contribution in [-0.4, -0.2) is 50.5 Å². The minimum absolute atomic E-state index is 0.0516. The molecule has 114 valence electrons. The molecule has 0 spiro atoms. The van der Waals surface area contributed by atoms with E-state index in [1.54, 1.807) is 31.2 Å². The molecular weight excluding hydrogens is 292 g/mol. The van der Waals surface area contributed by atoms with Gasteiger partial charge in [0, 0.05) is 24.9 Å². The number of hydrogen-bond acceptors (Lipinski definition) is 4. The number of piperazine rings is 1. The number of rotatable bonds is 3. The van der Waals surface area contributed by atoms with Gasteiger partial charge in [-0.1, -0.05) is 12.1 Å². The van der Waals surface area contributed by atoms with E-state index < -0.39 is 15.9 Å². The molecule has 1 unspecified atom stereocenters. The molecule has 0 bridgehead atoms. The molecule has 21 heavy (non-hydrogen) atoms. The van der Waals surface area contributed by atoms with Crippen LogP contribution in [0, 0.1) is 0 Å². The van der Waals surface area contributed by atoms with Crippen molar-refractivity contribution in [3.8, 4) is 0 Å². The van der Waals surface area contributed by atoms with Crippen LogP contribution in [0.15, 0.2) is 24.3 Å². The molecule has 0 saturated carbocycles. The lowest BCUT2D eigenvalue weighted by Crippen LogP contribution is -2.55. The summed E-state index contributed by atoms with van der Waals surface area (Å²) in [5.74, 6) is -0.434. The van der Waals surface area contributed by atoms with Crippen molar-refractivity contribution in [2.75, 3.05) is 19.3 Å². The van der Waals surface area contributed by atoms with Crippen molar-refractivity contribution in [3.05, 3.63) is 35.4 Å². The van der Waals surface area contributed by atoms with Crippen LogP contribution in [0.2, 0.25) is 0 Å². The smallest absolute Gasteiger partial charge is 0.254 e. The van der Waals surface area contributed by atoms with Gasteiger partial charge in [-0.2, -0.15) is 0 Å².